The fraction of sp³-hybridized carbons (Fsp3) is 0.750. The molecule has 0 heterocycles. The van der Waals surface area contributed by atoms with Crippen molar-refractivity contribution in [2.24, 2.45) is 0 Å². The van der Waals surface area contributed by atoms with Crippen LogP contribution in [0.1, 0.15) is 23.7 Å². The largest absolute Gasteiger partial charge is 0.491 e. The van der Waals surface area contributed by atoms with Crippen molar-refractivity contribution in [3.63, 3.8) is 0 Å². The average molecular weight is 576 g/mol. The average Bonchev–Trinajstić information content (AvgIpc) is 2.97. The SMILES string of the molecule is CCCNC(=O)c1cc(OCCOCCOCCOCCOC)cc(OCCOCCOCCOCCOC)c1. The Kier molecular flexibility index (Phi) is 24.4. The van der Waals surface area contributed by atoms with Gasteiger partial charge in [-0.25, -0.2) is 0 Å². The number of carbonyl (C=O) groups excluding carboxylic acids is 1. The summed E-state index contributed by atoms with van der Waals surface area (Å²) in [4.78, 5) is 12.5. The fourth-order valence-corrected chi connectivity index (χ4v) is 3.02. The number of nitrogens with one attached hydrogen (secondary N) is 1. The Balaban J connectivity index is 2.29. The lowest BCUT2D eigenvalue weighted by Crippen LogP contribution is -2.24. The van der Waals surface area contributed by atoms with Crippen LogP contribution in [0.2, 0.25) is 0 Å². The van der Waals surface area contributed by atoms with E-state index >= 15 is 0 Å². The van der Waals surface area contributed by atoms with E-state index in [1.807, 2.05) is 6.92 Å². The minimum Gasteiger partial charge on any atom is -0.491 e. The molecule has 1 amide bonds. The zero-order chi connectivity index (χ0) is 28.9. The fourth-order valence-electron chi connectivity index (χ4n) is 3.02. The normalized spacial score (nSPS) is 11.1. The highest BCUT2D eigenvalue weighted by Crippen LogP contribution is 2.23. The van der Waals surface area contributed by atoms with Crippen LogP contribution in [0.15, 0.2) is 18.2 Å². The van der Waals surface area contributed by atoms with Crippen molar-refractivity contribution in [3.8, 4) is 11.5 Å². The van der Waals surface area contributed by atoms with Crippen LogP contribution < -0.4 is 14.8 Å². The number of rotatable bonds is 29. The Morgan fingerprint density at radius 2 is 0.900 bits per heavy atom. The zero-order valence-corrected chi connectivity index (χ0v) is 24.5. The Morgan fingerprint density at radius 1 is 0.550 bits per heavy atom. The molecule has 0 radical (unpaired) electrons. The van der Waals surface area contributed by atoms with Crippen LogP contribution in [0.5, 0.6) is 11.5 Å². The predicted molar refractivity (Wildman–Crippen MR) is 149 cm³/mol. The number of carbonyl (C=O) groups is 1. The molecule has 0 atom stereocenters. The molecule has 0 aliphatic heterocycles. The highest BCUT2D eigenvalue weighted by Gasteiger charge is 2.10. The maximum absolute atomic E-state index is 12.5. The Labute approximate surface area is 238 Å². The monoisotopic (exact) mass is 575 g/mol. The molecule has 12 heteroatoms. The minimum absolute atomic E-state index is 0.184. The molecule has 0 saturated heterocycles. The summed E-state index contributed by atoms with van der Waals surface area (Å²) < 4.78 is 54.1. The molecule has 0 unspecified atom stereocenters. The molecule has 0 saturated carbocycles. The van der Waals surface area contributed by atoms with Crippen molar-refractivity contribution in [1.82, 2.24) is 5.32 Å². The van der Waals surface area contributed by atoms with E-state index in [9.17, 15) is 4.79 Å². The molecule has 0 spiro atoms. The van der Waals surface area contributed by atoms with E-state index in [0.29, 0.717) is 129 Å². The summed E-state index contributed by atoms with van der Waals surface area (Å²) in [7, 11) is 3.27. The molecule has 0 bridgehead atoms. The molecule has 1 aromatic rings. The van der Waals surface area contributed by atoms with Crippen LogP contribution in [-0.2, 0) is 37.9 Å². The van der Waals surface area contributed by atoms with Gasteiger partial charge in [0.1, 0.15) is 24.7 Å². The maximum atomic E-state index is 12.5. The van der Waals surface area contributed by atoms with Crippen molar-refractivity contribution < 1.29 is 52.2 Å². The van der Waals surface area contributed by atoms with E-state index in [1.54, 1.807) is 32.4 Å². The summed E-state index contributed by atoms with van der Waals surface area (Å²) in [5.74, 6) is 0.861. The lowest BCUT2D eigenvalue weighted by atomic mass is 10.2. The number of amides is 1. The van der Waals surface area contributed by atoms with Gasteiger partial charge in [-0.05, 0) is 18.6 Å². The first kappa shape index (κ1) is 36.0. The third kappa shape index (κ3) is 20.8. The van der Waals surface area contributed by atoms with Crippen LogP contribution in [-0.4, -0.2) is 132 Å². The van der Waals surface area contributed by atoms with E-state index in [1.165, 1.54) is 0 Å². The first-order valence-corrected chi connectivity index (χ1v) is 13.8. The van der Waals surface area contributed by atoms with Gasteiger partial charge in [0.25, 0.3) is 5.91 Å². The third-order valence-electron chi connectivity index (χ3n) is 5.02. The first-order valence-electron chi connectivity index (χ1n) is 13.8. The number of hydrogen-bond acceptors (Lipinski definition) is 11. The van der Waals surface area contributed by atoms with Gasteiger partial charge in [-0.1, -0.05) is 6.92 Å². The van der Waals surface area contributed by atoms with Gasteiger partial charge < -0.3 is 52.7 Å². The van der Waals surface area contributed by atoms with Gasteiger partial charge in [-0.2, -0.15) is 0 Å². The number of ether oxygens (including phenoxy) is 10. The standard InChI is InChI=1S/C28H49NO11/c1-4-5-29-28(30)25-22-26(39-20-18-37-16-14-35-12-10-33-8-6-31-2)24-27(23-25)40-21-19-38-17-15-36-13-11-34-9-7-32-3/h22-24H,4-21H2,1-3H3,(H,29,30). The third-order valence-corrected chi connectivity index (χ3v) is 5.02. The number of hydrogen-bond donors (Lipinski definition) is 1. The zero-order valence-electron chi connectivity index (χ0n) is 24.5. The van der Waals surface area contributed by atoms with Crippen LogP contribution in [0.4, 0.5) is 0 Å². The van der Waals surface area contributed by atoms with Gasteiger partial charge in [0.05, 0.1) is 92.5 Å². The molecule has 40 heavy (non-hydrogen) atoms. The first-order chi connectivity index (χ1) is 19.7. The highest BCUT2D eigenvalue weighted by molar-refractivity contribution is 5.95. The molecule has 232 valence electrons. The van der Waals surface area contributed by atoms with Crippen LogP contribution in [0.25, 0.3) is 0 Å². The molecule has 12 nitrogen and oxygen atoms in total. The smallest absolute Gasteiger partial charge is 0.251 e. The van der Waals surface area contributed by atoms with Crippen LogP contribution >= 0.6 is 0 Å². The van der Waals surface area contributed by atoms with Gasteiger partial charge in [0, 0.05) is 32.4 Å². The van der Waals surface area contributed by atoms with E-state index in [-0.39, 0.29) is 5.91 Å². The van der Waals surface area contributed by atoms with E-state index in [4.69, 9.17) is 47.4 Å². The van der Waals surface area contributed by atoms with E-state index < -0.39 is 0 Å². The van der Waals surface area contributed by atoms with Crippen molar-refractivity contribution >= 4 is 5.91 Å². The Morgan fingerprint density at radius 3 is 1.25 bits per heavy atom. The number of methoxy groups -OCH3 is 2. The topological polar surface area (TPSA) is 121 Å². The molecule has 1 aromatic carbocycles. The maximum Gasteiger partial charge on any atom is 0.251 e. The summed E-state index contributed by atoms with van der Waals surface area (Å²) in [5.41, 5.74) is 0.463. The lowest BCUT2D eigenvalue weighted by molar-refractivity contribution is -0.000105. The summed E-state index contributed by atoms with van der Waals surface area (Å²) in [6.07, 6.45) is 0.842. The van der Waals surface area contributed by atoms with Crippen molar-refractivity contribution in [2.45, 2.75) is 13.3 Å². The summed E-state index contributed by atoms with van der Waals surface area (Å²) in [6, 6.07) is 5.13. The van der Waals surface area contributed by atoms with Gasteiger partial charge in [-0.15, -0.1) is 0 Å². The van der Waals surface area contributed by atoms with Crippen LogP contribution in [0, 0.1) is 0 Å². The number of benzene rings is 1. The molecule has 0 aliphatic carbocycles. The molecule has 0 aromatic heterocycles. The van der Waals surface area contributed by atoms with E-state index in [0.717, 1.165) is 6.42 Å². The summed E-state index contributed by atoms with van der Waals surface area (Å²) in [6.45, 7) is 10.1. The van der Waals surface area contributed by atoms with Gasteiger partial charge in [-0.3, -0.25) is 4.79 Å². The summed E-state index contributed by atoms with van der Waals surface area (Å²) >= 11 is 0. The van der Waals surface area contributed by atoms with Crippen molar-refractivity contribution in [1.29, 1.82) is 0 Å². The lowest BCUT2D eigenvalue weighted by Gasteiger charge is -2.13. The minimum atomic E-state index is -0.184. The van der Waals surface area contributed by atoms with Gasteiger partial charge >= 0.3 is 0 Å². The second-order valence-electron chi connectivity index (χ2n) is 8.31. The summed E-state index contributed by atoms with van der Waals surface area (Å²) in [5, 5.41) is 2.88. The molecular weight excluding hydrogens is 526 g/mol. The Hall–Kier alpha value is -2.03. The Bertz CT molecular complexity index is 677. The van der Waals surface area contributed by atoms with E-state index in [2.05, 4.69) is 5.32 Å². The molecule has 1 N–H and O–H groups in total. The second-order valence-corrected chi connectivity index (χ2v) is 8.31. The quantitative estimate of drug-likeness (QED) is 0.141. The molecular formula is C28H49NO11. The van der Waals surface area contributed by atoms with Crippen molar-refractivity contribution in [2.75, 3.05) is 126 Å². The molecule has 1 rings (SSSR count). The van der Waals surface area contributed by atoms with Crippen LogP contribution in [0.3, 0.4) is 0 Å². The second kappa shape index (κ2) is 27.2. The van der Waals surface area contributed by atoms with Gasteiger partial charge in [0.15, 0.2) is 0 Å². The van der Waals surface area contributed by atoms with Crippen molar-refractivity contribution in [3.05, 3.63) is 23.8 Å². The highest BCUT2D eigenvalue weighted by atomic mass is 16.6. The predicted octanol–water partition coefficient (Wildman–Crippen LogP) is 1.98. The van der Waals surface area contributed by atoms with Gasteiger partial charge in [0.2, 0.25) is 0 Å². The molecule has 0 aliphatic rings. The molecule has 0 fully saturated rings.